The molecule has 0 saturated carbocycles. The third-order valence-electron chi connectivity index (χ3n) is 4.04. The van der Waals surface area contributed by atoms with Crippen molar-refractivity contribution < 1.29 is 0 Å². The van der Waals surface area contributed by atoms with E-state index in [0.717, 1.165) is 30.8 Å². The minimum Gasteiger partial charge on any atom is -0.299 e. The minimum atomic E-state index is -0.630. The van der Waals surface area contributed by atoms with E-state index in [-0.39, 0.29) is 0 Å². The first-order valence-corrected chi connectivity index (χ1v) is 7.49. The second kappa shape index (κ2) is 7.06. The Balaban J connectivity index is 2.55. The fraction of sp³-hybridized carbons (Fsp3) is 0.316. The summed E-state index contributed by atoms with van der Waals surface area (Å²) in [7, 11) is 0. The number of hydrogen-bond donors (Lipinski definition) is 0. The van der Waals surface area contributed by atoms with Gasteiger partial charge in [0, 0.05) is 11.1 Å². The number of hydrogen-bond acceptors (Lipinski definition) is 1. The van der Waals surface area contributed by atoms with Crippen molar-refractivity contribution in [3.63, 3.8) is 0 Å². The molecule has 0 fully saturated rings. The highest BCUT2D eigenvalue weighted by molar-refractivity contribution is 5.42. The molecule has 0 heterocycles. The van der Waals surface area contributed by atoms with E-state index < -0.39 is 5.54 Å². The van der Waals surface area contributed by atoms with Crippen LogP contribution in [0, 0.1) is 6.57 Å². The first-order valence-electron chi connectivity index (χ1n) is 7.49. The molecule has 0 unspecified atom stereocenters. The number of nitrogens with zero attached hydrogens (tertiary/aromatic N) is 2. The topological polar surface area (TPSA) is 7.60 Å². The summed E-state index contributed by atoms with van der Waals surface area (Å²) in [5.74, 6) is 0. The third kappa shape index (κ3) is 3.15. The molecule has 0 N–H and O–H groups in total. The maximum absolute atomic E-state index is 7.92. The van der Waals surface area contributed by atoms with Crippen LogP contribution in [0.15, 0.2) is 60.7 Å². The van der Waals surface area contributed by atoms with Gasteiger partial charge in [0.1, 0.15) is 0 Å². The van der Waals surface area contributed by atoms with Crippen molar-refractivity contribution >= 4 is 0 Å². The quantitative estimate of drug-likeness (QED) is 0.719. The number of rotatable bonds is 6. The lowest BCUT2D eigenvalue weighted by molar-refractivity contribution is 0.267. The lowest BCUT2D eigenvalue weighted by Crippen LogP contribution is -2.39. The van der Waals surface area contributed by atoms with Crippen molar-refractivity contribution in [2.75, 3.05) is 19.6 Å². The maximum Gasteiger partial charge on any atom is 0.294 e. The Morgan fingerprint density at radius 3 is 1.62 bits per heavy atom. The van der Waals surface area contributed by atoms with Crippen molar-refractivity contribution in [3.05, 3.63) is 83.2 Å². The van der Waals surface area contributed by atoms with Crippen LogP contribution >= 0.6 is 0 Å². The Hall–Kier alpha value is -2.11. The van der Waals surface area contributed by atoms with E-state index in [1.54, 1.807) is 0 Å². The highest BCUT2D eigenvalue weighted by Gasteiger charge is 2.42. The Bertz CT molecular complexity index is 540. The van der Waals surface area contributed by atoms with Crippen molar-refractivity contribution in [1.82, 2.24) is 4.90 Å². The van der Waals surface area contributed by atoms with Crippen LogP contribution in [0.5, 0.6) is 0 Å². The molecule has 0 aliphatic heterocycles. The van der Waals surface area contributed by atoms with Gasteiger partial charge in [0.25, 0.3) is 5.54 Å². The summed E-state index contributed by atoms with van der Waals surface area (Å²) >= 11 is 0. The number of likely N-dealkylation sites (N-methyl/N-ethyl adjacent to an activating group) is 1. The Kier molecular flexibility index (Phi) is 5.14. The summed E-state index contributed by atoms with van der Waals surface area (Å²) in [6, 6.07) is 20.3. The molecule has 2 nitrogen and oxygen atoms in total. The smallest absolute Gasteiger partial charge is 0.294 e. The molecule has 2 heteroatoms. The normalized spacial score (nSPS) is 11.3. The highest BCUT2D eigenvalue weighted by Crippen LogP contribution is 2.34. The molecular formula is C19H22N2. The van der Waals surface area contributed by atoms with Crippen LogP contribution in [0.1, 0.15) is 25.0 Å². The molecule has 108 valence electrons. The van der Waals surface area contributed by atoms with E-state index in [2.05, 4.69) is 47.9 Å². The first-order chi connectivity index (χ1) is 10.3. The van der Waals surface area contributed by atoms with Gasteiger partial charge in [-0.05, 0) is 13.1 Å². The molecule has 0 aromatic heterocycles. The van der Waals surface area contributed by atoms with Gasteiger partial charge >= 0.3 is 0 Å². The maximum atomic E-state index is 7.92. The first kappa shape index (κ1) is 15.3. The molecule has 0 aliphatic rings. The van der Waals surface area contributed by atoms with Gasteiger partial charge in [-0.2, -0.15) is 0 Å². The summed E-state index contributed by atoms with van der Waals surface area (Å²) in [6.07, 6.45) is 0. The highest BCUT2D eigenvalue weighted by atomic mass is 15.1. The fourth-order valence-electron chi connectivity index (χ4n) is 2.71. The molecule has 2 aromatic rings. The van der Waals surface area contributed by atoms with Gasteiger partial charge in [-0.3, -0.25) is 9.74 Å². The number of benzene rings is 2. The van der Waals surface area contributed by atoms with Crippen molar-refractivity contribution in [2.24, 2.45) is 0 Å². The van der Waals surface area contributed by atoms with Crippen molar-refractivity contribution in [3.8, 4) is 0 Å². The van der Waals surface area contributed by atoms with Crippen LogP contribution in [-0.4, -0.2) is 24.5 Å². The molecule has 2 aromatic carbocycles. The second-order valence-corrected chi connectivity index (χ2v) is 5.17. The van der Waals surface area contributed by atoms with Gasteiger partial charge < -0.3 is 0 Å². The van der Waals surface area contributed by atoms with E-state index in [1.807, 2.05) is 36.4 Å². The molecule has 0 saturated heterocycles. The summed E-state index contributed by atoms with van der Waals surface area (Å²) in [5, 5.41) is 0. The third-order valence-corrected chi connectivity index (χ3v) is 4.04. The van der Waals surface area contributed by atoms with Crippen LogP contribution in [0.4, 0.5) is 0 Å². The molecule has 0 radical (unpaired) electrons. The van der Waals surface area contributed by atoms with Gasteiger partial charge in [0.15, 0.2) is 0 Å². The molecule has 0 bridgehead atoms. The van der Waals surface area contributed by atoms with Crippen molar-refractivity contribution in [2.45, 2.75) is 19.4 Å². The monoisotopic (exact) mass is 278 g/mol. The largest absolute Gasteiger partial charge is 0.299 e. The van der Waals surface area contributed by atoms with Crippen LogP contribution in [0.2, 0.25) is 0 Å². The summed E-state index contributed by atoms with van der Waals surface area (Å²) in [6.45, 7) is 14.8. The predicted molar refractivity (Wildman–Crippen MR) is 88.1 cm³/mol. The van der Waals surface area contributed by atoms with Crippen LogP contribution in [0.25, 0.3) is 4.85 Å². The fourth-order valence-corrected chi connectivity index (χ4v) is 2.71. The van der Waals surface area contributed by atoms with E-state index in [9.17, 15) is 0 Å². The van der Waals surface area contributed by atoms with Gasteiger partial charge in [-0.15, -0.1) is 0 Å². The Morgan fingerprint density at radius 2 is 1.29 bits per heavy atom. The van der Waals surface area contributed by atoms with Crippen LogP contribution in [-0.2, 0) is 5.54 Å². The van der Waals surface area contributed by atoms with E-state index in [0.29, 0.717) is 0 Å². The average molecular weight is 278 g/mol. The summed E-state index contributed by atoms with van der Waals surface area (Å²) in [4.78, 5) is 6.42. The molecule has 0 amide bonds. The molecule has 0 atom stereocenters. The molecule has 0 aliphatic carbocycles. The molecule has 21 heavy (non-hydrogen) atoms. The predicted octanol–water partition coefficient (Wildman–Crippen LogP) is 4.19. The average Bonchev–Trinajstić information content (AvgIpc) is 2.58. The zero-order valence-corrected chi connectivity index (χ0v) is 12.8. The SMILES string of the molecule is [C-]#[N+]C(CN(CC)CC)(c1ccccc1)c1ccccc1. The zero-order chi connectivity index (χ0) is 15.1. The Labute approximate surface area is 127 Å². The lowest BCUT2D eigenvalue weighted by Gasteiger charge is -2.29. The van der Waals surface area contributed by atoms with Gasteiger partial charge in [0.2, 0.25) is 0 Å². The standard InChI is InChI=1S/C19H22N2/c1-4-21(5-2)16-19(20-3,17-12-8-6-9-13-17)18-14-10-7-11-15-18/h6-15H,4-5,16H2,1-2H3. The van der Waals surface area contributed by atoms with E-state index >= 15 is 0 Å². The molecule has 2 rings (SSSR count). The molecule has 0 spiro atoms. The van der Waals surface area contributed by atoms with E-state index in [1.165, 1.54) is 0 Å². The summed E-state index contributed by atoms with van der Waals surface area (Å²) < 4.78 is 0. The van der Waals surface area contributed by atoms with Crippen LogP contribution in [0.3, 0.4) is 0 Å². The molecular weight excluding hydrogens is 256 g/mol. The minimum absolute atomic E-state index is 0.630. The van der Waals surface area contributed by atoms with E-state index in [4.69, 9.17) is 6.57 Å². The summed E-state index contributed by atoms with van der Waals surface area (Å²) in [5.41, 5.74) is 1.50. The van der Waals surface area contributed by atoms with Gasteiger partial charge in [0.05, 0.1) is 6.54 Å². The van der Waals surface area contributed by atoms with Gasteiger partial charge in [-0.25, -0.2) is 6.57 Å². The lowest BCUT2D eigenvalue weighted by atomic mass is 9.83. The second-order valence-electron chi connectivity index (χ2n) is 5.17. The van der Waals surface area contributed by atoms with Crippen molar-refractivity contribution in [1.29, 1.82) is 0 Å². The van der Waals surface area contributed by atoms with Gasteiger partial charge in [-0.1, -0.05) is 74.5 Å². The zero-order valence-electron chi connectivity index (χ0n) is 12.8. The van der Waals surface area contributed by atoms with Crippen LogP contribution < -0.4 is 0 Å². The Morgan fingerprint density at radius 1 is 0.857 bits per heavy atom.